The summed E-state index contributed by atoms with van der Waals surface area (Å²) >= 11 is 0. The molecule has 0 spiro atoms. The average Bonchev–Trinajstić information content (AvgIpc) is 2.98. The zero-order valence-electron chi connectivity index (χ0n) is 17.4. The summed E-state index contributed by atoms with van der Waals surface area (Å²) in [4.78, 5) is 47.5. The van der Waals surface area contributed by atoms with Crippen LogP contribution in [0.25, 0.3) is 0 Å². The van der Waals surface area contributed by atoms with Crippen molar-refractivity contribution in [3.05, 3.63) is 12.2 Å². The van der Waals surface area contributed by atoms with E-state index in [2.05, 4.69) is 6.58 Å². The van der Waals surface area contributed by atoms with Gasteiger partial charge in [0.25, 0.3) is 0 Å². The Balaban J connectivity index is 2.06. The van der Waals surface area contributed by atoms with Crippen LogP contribution in [0.2, 0.25) is 0 Å². The highest BCUT2D eigenvalue weighted by Crippen LogP contribution is 2.58. The molecule has 0 bridgehead atoms. The Kier molecular flexibility index (Phi) is 5.49. The van der Waals surface area contributed by atoms with E-state index in [0.29, 0.717) is 18.4 Å². The molecule has 1 saturated heterocycles. The van der Waals surface area contributed by atoms with Crippen molar-refractivity contribution in [2.45, 2.75) is 71.9 Å². The predicted octanol–water partition coefficient (Wildman–Crippen LogP) is 1.95. The predicted molar refractivity (Wildman–Crippen MR) is 99.2 cm³/mol. The first-order valence-corrected chi connectivity index (χ1v) is 9.87. The molecule has 8 atom stereocenters. The number of esters is 4. The van der Waals surface area contributed by atoms with Crippen LogP contribution in [0.15, 0.2) is 12.2 Å². The summed E-state index contributed by atoms with van der Waals surface area (Å²) in [5.74, 6) is -2.63. The quantitative estimate of drug-likeness (QED) is 0.396. The van der Waals surface area contributed by atoms with Gasteiger partial charge in [-0.25, -0.2) is 4.79 Å². The molecule has 3 rings (SSSR count). The van der Waals surface area contributed by atoms with Gasteiger partial charge in [0.2, 0.25) is 0 Å². The number of carbonyl (C=O) groups is 4. The Morgan fingerprint density at radius 2 is 1.66 bits per heavy atom. The fraction of sp³-hybridized carbons (Fsp3) is 0.714. The second-order valence-electron chi connectivity index (χ2n) is 8.66. The van der Waals surface area contributed by atoms with Crippen LogP contribution in [-0.4, -0.2) is 48.3 Å². The van der Waals surface area contributed by atoms with Gasteiger partial charge in [-0.3, -0.25) is 14.4 Å². The van der Waals surface area contributed by atoms with Crippen LogP contribution < -0.4 is 0 Å². The van der Waals surface area contributed by atoms with E-state index in [1.165, 1.54) is 20.8 Å². The molecule has 0 radical (unpaired) electrons. The number of rotatable bonds is 3. The highest BCUT2D eigenvalue weighted by molar-refractivity contribution is 5.91. The van der Waals surface area contributed by atoms with Crippen molar-refractivity contribution < 1.29 is 38.1 Å². The van der Waals surface area contributed by atoms with E-state index in [4.69, 9.17) is 18.9 Å². The van der Waals surface area contributed by atoms with Gasteiger partial charge in [-0.2, -0.15) is 0 Å². The molecule has 3 fully saturated rings. The topological polar surface area (TPSA) is 105 Å². The first-order valence-electron chi connectivity index (χ1n) is 9.87. The second kappa shape index (κ2) is 7.46. The zero-order valence-corrected chi connectivity index (χ0v) is 17.4. The third kappa shape index (κ3) is 3.65. The van der Waals surface area contributed by atoms with Crippen LogP contribution in [0.1, 0.15) is 47.5 Å². The normalized spacial score (nSPS) is 40.9. The molecule has 160 valence electrons. The van der Waals surface area contributed by atoms with Crippen LogP contribution in [0, 0.1) is 23.2 Å². The maximum atomic E-state index is 12.2. The van der Waals surface area contributed by atoms with E-state index in [0.717, 1.165) is 0 Å². The first-order chi connectivity index (χ1) is 13.5. The Labute approximate surface area is 169 Å². The van der Waals surface area contributed by atoms with Crippen molar-refractivity contribution in [3.63, 3.8) is 0 Å². The average molecular weight is 408 g/mol. The largest absolute Gasteiger partial charge is 0.459 e. The van der Waals surface area contributed by atoms with Gasteiger partial charge in [0.15, 0.2) is 0 Å². The Morgan fingerprint density at radius 1 is 1.07 bits per heavy atom. The lowest BCUT2D eigenvalue weighted by Gasteiger charge is -2.38. The van der Waals surface area contributed by atoms with E-state index in [1.54, 1.807) is 0 Å². The molecule has 0 unspecified atom stereocenters. The van der Waals surface area contributed by atoms with Crippen molar-refractivity contribution in [1.29, 1.82) is 0 Å². The van der Waals surface area contributed by atoms with E-state index < -0.39 is 59.6 Å². The zero-order chi connectivity index (χ0) is 21.7. The lowest BCUT2D eigenvalue weighted by Crippen LogP contribution is -2.43. The minimum atomic E-state index is -0.684. The van der Waals surface area contributed by atoms with Gasteiger partial charge in [0.05, 0.1) is 0 Å². The van der Waals surface area contributed by atoms with Crippen molar-refractivity contribution >= 4 is 23.9 Å². The summed E-state index contributed by atoms with van der Waals surface area (Å²) in [5, 5.41) is 0. The summed E-state index contributed by atoms with van der Waals surface area (Å²) in [6, 6.07) is 0. The van der Waals surface area contributed by atoms with E-state index in [1.807, 2.05) is 13.8 Å². The van der Waals surface area contributed by atoms with Crippen molar-refractivity contribution in [1.82, 2.24) is 0 Å². The molecule has 0 aromatic heterocycles. The third-order valence-electron chi connectivity index (χ3n) is 6.72. The molecule has 0 amide bonds. The van der Waals surface area contributed by atoms with E-state index >= 15 is 0 Å². The van der Waals surface area contributed by atoms with Gasteiger partial charge in [0.1, 0.15) is 24.4 Å². The van der Waals surface area contributed by atoms with Crippen molar-refractivity contribution in [2.24, 2.45) is 23.2 Å². The van der Waals surface area contributed by atoms with Crippen molar-refractivity contribution in [2.75, 3.05) is 0 Å². The number of carbonyl (C=O) groups excluding carboxylic acids is 4. The monoisotopic (exact) mass is 408 g/mol. The minimum absolute atomic E-state index is 0.0994. The van der Waals surface area contributed by atoms with E-state index in [9.17, 15) is 19.2 Å². The van der Waals surface area contributed by atoms with Crippen LogP contribution in [0.3, 0.4) is 0 Å². The van der Waals surface area contributed by atoms with Gasteiger partial charge in [-0.1, -0.05) is 20.4 Å². The summed E-state index contributed by atoms with van der Waals surface area (Å²) in [5.41, 5.74) is -0.307. The maximum Gasteiger partial charge on any atom is 0.334 e. The number of ether oxygens (including phenoxy) is 4. The molecule has 0 aromatic carbocycles. The molecular weight excluding hydrogens is 380 g/mol. The molecular formula is C21H28O8. The number of fused-ring (bicyclic) bond motifs is 2. The summed E-state index contributed by atoms with van der Waals surface area (Å²) in [6.45, 7) is 11.7. The van der Waals surface area contributed by atoms with Crippen LogP contribution >= 0.6 is 0 Å². The summed E-state index contributed by atoms with van der Waals surface area (Å²) < 4.78 is 22.3. The van der Waals surface area contributed by atoms with Crippen LogP contribution in [0.5, 0.6) is 0 Å². The van der Waals surface area contributed by atoms with Gasteiger partial charge in [0, 0.05) is 43.6 Å². The van der Waals surface area contributed by atoms with Gasteiger partial charge in [-0.05, 0) is 18.8 Å². The van der Waals surface area contributed by atoms with Crippen molar-refractivity contribution in [3.8, 4) is 0 Å². The van der Waals surface area contributed by atoms with Gasteiger partial charge >= 0.3 is 23.9 Å². The summed E-state index contributed by atoms with van der Waals surface area (Å²) in [6.07, 6.45) is -1.72. The lowest BCUT2D eigenvalue weighted by molar-refractivity contribution is -0.170. The van der Waals surface area contributed by atoms with Crippen LogP contribution in [-0.2, 0) is 38.1 Å². The Bertz CT molecular complexity index is 758. The third-order valence-corrected chi connectivity index (χ3v) is 6.72. The van der Waals surface area contributed by atoms with Gasteiger partial charge < -0.3 is 18.9 Å². The molecule has 0 N–H and O–H groups in total. The number of hydrogen-bond acceptors (Lipinski definition) is 8. The smallest absolute Gasteiger partial charge is 0.334 e. The number of hydrogen-bond donors (Lipinski definition) is 0. The second-order valence-corrected chi connectivity index (χ2v) is 8.66. The molecule has 1 heterocycles. The first kappa shape index (κ1) is 21.3. The molecule has 8 nitrogen and oxygen atoms in total. The molecule has 8 heteroatoms. The molecule has 3 aliphatic rings. The molecule has 0 aromatic rings. The fourth-order valence-corrected chi connectivity index (χ4v) is 5.61. The Morgan fingerprint density at radius 3 is 2.21 bits per heavy atom. The highest BCUT2D eigenvalue weighted by Gasteiger charge is 2.64. The maximum absolute atomic E-state index is 12.2. The fourth-order valence-electron chi connectivity index (χ4n) is 5.61. The summed E-state index contributed by atoms with van der Waals surface area (Å²) in [7, 11) is 0. The highest BCUT2D eigenvalue weighted by atomic mass is 16.6. The Hall–Kier alpha value is -2.38. The van der Waals surface area contributed by atoms with Crippen LogP contribution in [0.4, 0.5) is 0 Å². The molecule has 29 heavy (non-hydrogen) atoms. The lowest BCUT2D eigenvalue weighted by atomic mass is 9.69. The molecule has 2 aliphatic carbocycles. The molecule has 1 aliphatic heterocycles. The minimum Gasteiger partial charge on any atom is -0.459 e. The molecule has 2 saturated carbocycles. The SMILES string of the molecule is C=C1C(=O)O[C@H]2[C@H](OC(C)=O)[C@@H](C)[C@@H]3C[C@@H](OC(C)=O)[C@H](OC(C)=O)[C@@]3(C)C[C@H]12. The standard InChI is InChI=1S/C21H28O8/c1-9-14-8-21(6)15(7-16(26-11(3)22)19(21)28-13(5)24)10(2)17(27-12(4)23)18(14)29-20(9)25/h10,14-19H,1,7-8H2,2-6H3/t10-,14+,15-,16+,17+,18+,19-,21-/m0/s1. The van der Waals surface area contributed by atoms with Gasteiger partial charge in [-0.15, -0.1) is 0 Å². The van der Waals surface area contributed by atoms with E-state index in [-0.39, 0.29) is 11.8 Å².